The maximum atomic E-state index is 14.1. The van der Waals surface area contributed by atoms with E-state index in [4.69, 9.17) is 17.3 Å². The molecule has 4 N–H and O–H groups in total. The van der Waals surface area contributed by atoms with E-state index in [1.807, 2.05) is 41.0 Å². The van der Waals surface area contributed by atoms with Crippen LogP contribution in [0.2, 0.25) is 5.02 Å². The van der Waals surface area contributed by atoms with Gasteiger partial charge in [0.15, 0.2) is 0 Å². The summed E-state index contributed by atoms with van der Waals surface area (Å²) in [5, 5.41) is 6.62. The Balaban J connectivity index is 1.08. The van der Waals surface area contributed by atoms with Gasteiger partial charge >= 0.3 is 12.1 Å². The van der Waals surface area contributed by atoms with Crippen molar-refractivity contribution < 1.29 is 14.4 Å². The fourth-order valence-corrected chi connectivity index (χ4v) is 7.89. The van der Waals surface area contributed by atoms with Crippen LogP contribution in [0.5, 0.6) is 0 Å². The topological polar surface area (TPSA) is 117 Å². The van der Waals surface area contributed by atoms with Crippen molar-refractivity contribution in [3.63, 3.8) is 0 Å². The number of nitrogen functional groups attached to an aromatic ring is 1. The van der Waals surface area contributed by atoms with Gasteiger partial charge in [0.25, 0.3) is 0 Å². The van der Waals surface area contributed by atoms with Gasteiger partial charge in [-0.15, -0.1) is 0 Å². The third-order valence-corrected chi connectivity index (χ3v) is 10.9. The lowest BCUT2D eigenvalue weighted by Crippen LogP contribution is -2.58. The van der Waals surface area contributed by atoms with Crippen LogP contribution in [-0.2, 0) is 17.6 Å². The largest absolute Gasteiger partial charge is 0.397 e. The minimum atomic E-state index is -0.727. The van der Waals surface area contributed by atoms with Crippen molar-refractivity contribution in [2.75, 3.05) is 77.0 Å². The quantitative estimate of drug-likeness (QED) is 0.406. The second-order valence-electron chi connectivity index (χ2n) is 13.7. The highest BCUT2D eigenvalue weighted by Crippen LogP contribution is 2.27. The molecular formula is C35H49ClN8O3. The number of amides is 5. The van der Waals surface area contributed by atoms with Crippen LogP contribution in [0, 0.1) is 6.92 Å². The molecule has 5 amide bonds. The van der Waals surface area contributed by atoms with Crippen LogP contribution in [0.4, 0.5) is 21.0 Å². The average molecular weight is 665 g/mol. The number of piperidine rings is 2. The van der Waals surface area contributed by atoms with E-state index >= 15 is 0 Å². The summed E-state index contributed by atoms with van der Waals surface area (Å²) < 4.78 is 0. The minimum absolute atomic E-state index is 0.0484. The summed E-state index contributed by atoms with van der Waals surface area (Å²) in [5.74, 6) is -0.0588. The van der Waals surface area contributed by atoms with Gasteiger partial charge in [-0.05, 0) is 74.9 Å². The Hall–Kier alpha value is -3.54. The first-order chi connectivity index (χ1) is 22.7. The zero-order valence-electron chi connectivity index (χ0n) is 27.7. The Morgan fingerprint density at radius 3 is 2.30 bits per heavy atom. The molecule has 47 heavy (non-hydrogen) atoms. The number of carbonyl (C=O) groups excluding carboxylic acids is 3. The molecule has 0 aromatic heterocycles. The normalized spacial score (nSPS) is 21.2. The number of hydrogen-bond donors (Lipinski definition) is 3. The molecule has 0 unspecified atom stereocenters. The molecular weight excluding hydrogens is 616 g/mol. The van der Waals surface area contributed by atoms with Gasteiger partial charge in [0.05, 0.1) is 10.7 Å². The molecule has 254 valence electrons. The van der Waals surface area contributed by atoms with Crippen LogP contribution in [0.1, 0.15) is 42.4 Å². The van der Waals surface area contributed by atoms with Gasteiger partial charge in [-0.3, -0.25) is 9.69 Å². The third kappa shape index (κ3) is 7.79. The van der Waals surface area contributed by atoms with E-state index < -0.39 is 6.04 Å². The maximum Gasteiger partial charge on any atom is 0.322 e. The fraction of sp³-hybridized carbons (Fsp3) is 0.571. The molecule has 0 radical (unpaired) electrons. The molecule has 0 saturated carbocycles. The second-order valence-corrected chi connectivity index (χ2v) is 14.1. The number of nitrogens with two attached hydrogens (primary N) is 1. The Bertz CT molecular complexity index is 1430. The Morgan fingerprint density at radius 1 is 0.936 bits per heavy atom. The van der Waals surface area contributed by atoms with Crippen molar-refractivity contribution in [3.8, 4) is 0 Å². The Morgan fingerprint density at radius 2 is 1.60 bits per heavy atom. The number of likely N-dealkylation sites (tertiary alicyclic amines) is 2. The summed E-state index contributed by atoms with van der Waals surface area (Å²) in [6.45, 7) is 9.21. The number of piperazine rings is 1. The summed E-state index contributed by atoms with van der Waals surface area (Å²) >= 11 is 6.43. The van der Waals surface area contributed by atoms with E-state index in [-0.39, 0.29) is 24.0 Å². The van der Waals surface area contributed by atoms with Gasteiger partial charge in [-0.25, -0.2) is 9.59 Å². The molecule has 2 aromatic rings. The van der Waals surface area contributed by atoms with Gasteiger partial charge in [0.2, 0.25) is 5.91 Å². The predicted molar refractivity (Wildman–Crippen MR) is 186 cm³/mol. The van der Waals surface area contributed by atoms with Gasteiger partial charge in [-0.1, -0.05) is 35.9 Å². The summed E-state index contributed by atoms with van der Waals surface area (Å²) in [6.07, 6.45) is 4.36. The maximum absolute atomic E-state index is 14.1. The smallest absolute Gasteiger partial charge is 0.322 e. The van der Waals surface area contributed by atoms with Crippen molar-refractivity contribution in [2.24, 2.45) is 0 Å². The molecule has 6 rings (SSSR count). The average Bonchev–Trinajstić information content (AvgIpc) is 3.25. The van der Waals surface area contributed by atoms with Crippen LogP contribution in [0.15, 0.2) is 36.4 Å². The number of benzene rings is 2. The third-order valence-electron chi connectivity index (χ3n) is 10.6. The molecule has 4 aliphatic heterocycles. The monoisotopic (exact) mass is 664 g/mol. The number of halogens is 1. The van der Waals surface area contributed by atoms with E-state index in [9.17, 15) is 14.4 Å². The van der Waals surface area contributed by atoms with E-state index in [2.05, 4.69) is 33.5 Å². The van der Waals surface area contributed by atoms with E-state index in [1.54, 1.807) is 11.0 Å². The van der Waals surface area contributed by atoms with Gasteiger partial charge in [0.1, 0.15) is 6.04 Å². The number of anilines is 2. The van der Waals surface area contributed by atoms with Crippen molar-refractivity contribution in [1.29, 1.82) is 0 Å². The number of fused-ring (bicyclic) bond motifs is 1. The summed E-state index contributed by atoms with van der Waals surface area (Å²) in [7, 11) is 2.17. The molecule has 3 saturated heterocycles. The standard InChI is InChI=1S/C35H49ClN8O3/c1-24-21-25(22-29(36)32(24)37)23-31(33(45)42-12-8-27(9-13-42)41-19-17-40(2)18-20-41)39-34(46)43-14-10-28(11-15-43)44-16-7-26-5-3-4-6-30(26)38-35(44)47/h3-6,21-22,27-28,31H,7-20,23,37H2,1-2H3,(H,38,47)(H,39,46)/t31-/m1/s1. The lowest BCUT2D eigenvalue weighted by Gasteiger charge is -2.42. The SMILES string of the molecule is Cc1cc(C[C@@H](NC(=O)N2CCC(N3CCc4ccccc4NC3=O)CC2)C(=O)N2CCC(N3CCN(C)CC3)CC2)cc(Cl)c1N. The fourth-order valence-electron chi connectivity index (χ4n) is 7.60. The number of para-hydroxylation sites is 1. The van der Waals surface area contributed by atoms with E-state index in [0.29, 0.717) is 68.7 Å². The molecule has 4 aliphatic rings. The van der Waals surface area contributed by atoms with Gasteiger partial charge in [-0.2, -0.15) is 0 Å². The van der Waals surface area contributed by atoms with Crippen LogP contribution in [-0.4, -0.2) is 127 Å². The summed E-state index contributed by atoms with van der Waals surface area (Å²) in [4.78, 5) is 51.4. The van der Waals surface area contributed by atoms with Crippen molar-refractivity contribution in [1.82, 2.24) is 29.8 Å². The van der Waals surface area contributed by atoms with Crippen LogP contribution in [0.3, 0.4) is 0 Å². The zero-order chi connectivity index (χ0) is 33.1. The lowest BCUT2D eigenvalue weighted by atomic mass is 9.98. The molecule has 4 heterocycles. The van der Waals surface area contributed by atoms with Gasteiger partial charge in [0, 0.05) is 83.1 Å². The number of rotatable bonds is 6. The van der Waals surface area contributed by atoms with Crippen LogP contribution in [0.25, 0.3) is 0 Å². The van der Waals surface area contributed by atoms with Crippen molar-refractivity contribution in [2.45, 2.75) is 63.6 Å². The highest BCUT2D eigenvalue weighted by molar-refractivity contribution is 6.33. The van der Waals surface area contributed by atoms with Crippen molar-refractivity contribution >= 4 is 40.9 Å². The number of urea groups is 2. The molecule has 12 heteroatoms. The minimum Gasteiger partial charge on any atom is -0.397 e. The number of hydrogen-bond acceptors (Lipinski definition) is 6. The van der Waals surface area contributed by atoms with Gasteiger partial charge < -0.3 is 36.0 Å². The molecule has 0 spiro atoms. The zero-order valence-corrected chi connectivity index (χ0v) is 28.5. The first kappa shape index (κ1) is 33.4. The first-order valence-electron chi connectivity index (χ1n) is 17.1. The van der Waals surface area contributed by atoms with Crippen LogP contribution < -0.4 is 16.4 Å². The highest BCUT2D eigenvalue weighted by atomic mass is 35.5. The summed E-state index contributed by atoms with van der Waals surface area (Å²) in [6, 6.07) is 11.1. The molecule has 0 aliphatic carbocycles. The van der Waals surface area contributed by atoms with Crippen molar-refractivity contribution in [3.05, 3.63) is 58.1 Å². The Kier molecular flexibility index (Phi) is 10.4. The molecule has 2 aromatic carbocycles. The summed E-state index contributed by atoms with van der Waals surface area (Å²) in [5.41, 5.74) is 10.3. The molecule has 3 fully saturated rings. The number of nitrogens with one attached hydrogen (secondary N) is 2. The number of aryl methyl sites for hydroxylation is 1. The second kappa shape index (κ2) is 14.7. The molecule has 1 atom stereocenters. The highest BCUT2D eigenvalue weighted by Gasteiger charge is 2.35. The van der Waals surface area contributed by atoms with E-state index in [1.165, 1.54) is 0 Å². The predicted octanol–water partition coefficient (Wildman–Crippen LogP) is 3.64. The molecule has 11 nitrogen and oxygen atoms in total. The number of likely N-dealkylation sites (N-methyl/N-ethyl adjacent to an activating group) is 1. The number of nitrogens with zero attached hydrogens (tertiary/aromatic N) is 5. The van der Waals surface area contributed by atoms with E-state index in [0.717, 1.165) is 67.8 Å². The first-order valence-corrected chi connectivity index (χ1v) is 17.5. The lowest BCUT2D eigenvalue weighted by molar-refractivity contribution is -0.135. The van der Waals surface area contributed by atoms with Crippen LogP contribution >= 0.6 is 11.6 Å². The molecule has 0 bridgehead atoms. The number of carbonyl (C=O) groups is 3. The Labute approximate surface area is 283 Å².